The number of carbonyl (C=O) groups excluding carboxylic acids is 1. The highest BCUT2D eigenvalue weighted by Crippen LogP contribution is 2.31. The van der Waals surface area contributed by atoms with E-state index in [1.807, 2.05) is 0 Å². The summed E-state index contributed by atoms with van der Waals surface area (Å²) in [5.74, 6) is 0.407. The van der Waals surface area contributed by atoms with E-state index in [0.717, 1.165) is 0 Å². The molecular formula is C16H12FN3O3S. The van der Waals surface area contributed by atoms with Gasteiger partial charge in [0.15, 0.2) is 11.5 Å². The van der Waals surface area contributed by atoms with Gasteiger partial charge in [-0.1, -0.05) is 17.4 Å². The number of fused-ring (bicyclic) bond motifs is 2. The third-order valence-corrected chi connectivity index (χ3v) is 4.39. The lowest BCUT2D eigenvalue weighted by Gasteiger charge is -2.18. The number of hydrogen-bond acceptors (Lipinski definition) is 6. The fourth-order valence-corrected chi connectivity index (χ4v) is 3.17. The van der Waals surface area contributed by atoms with E-state index in [1.165, 1.54) is 17.4 Å². The maximum atomic E-state index is 13.6. The first-order valence-corrected chi connectivity index (χ1v) is 8.03. The van der Waals surface area contributed by atoms with Crippen LogP contribution in [-0.2, 0) is 0 Å². The summed E-state index contributed by atoms with van der Waals surface area (Å²) in [7, 11) is 0. The number of para-hydroxylation sites is 1. The summed E-state index contributed by atoms with van der Waals surface area (Å²) >= 11 is 1.25. The van der Waals surface area contributed by atoms with Gasteiger partial charge in [0.1, 0.15) is 24.5 Å². The van der Waals surface area contributed by atoms with Crippen molar-refractivity contribution in [3.63, 3.8) is 0 Å². The van der Waals surface area contributed by atoms with Crippen LogP contribution in [0.3, 0.4) is 0 Å². The number of thiazole rings is 1. The van der Waals surface area contributed by atoms with Crippen LogP contribution in [0.1, 0.15) is 10.4 Å². The van der Waals surface area contributed by atoms with Crippen molar-refractivity contribution >= 4 is 32.6 Å². The first-order valence-electron chi connectivity index (χ1n) is 7.22. The summed E-state index contributed by atoms with van der Waals surface area (Å²) < 4.78 is 25.2. The fraction of sp³-hybridized carbons (Fsp3) is 0.125. The predicted octanol–water partition coefficient (Wildman–Crippen LogP) is 2.96. The Morgan fingerprint density at radius 3 is 2.83 bits per heavy atom. The number of halogens is 1. The number of carbonyl (C=O) groups is 1. The molecule has 0 atom stereocenters. The summed E-state index contributed by atoms with van der Waals surface area (Å²) in [6.45, 7) is 0.946. The van der Waals surface area contributed by atoms with E-state index in [4.69, 9.17) is 9.47 Å². The number of aromatic nitrogens is 1. The lowest BCUT2D eigenvalue weighted by molar-refractivity contribution is 0.0961. The van der Waals surface area contributed by atoms with Crippen LogP contribution in [0.4, 0.5) is 9.52 Å². The van der Waals surface area contributed by atoms with Crippen LogP contribution < -0.4 is 20.3 Å². The molecule has 0 aliphatic carbocycles. The smallest absolute Gasteiger partial charge is 0.269 e. The van der Waals surface area contributed by atoms with Crippen LogP contribution in [0.2, 0.25) is 0 Å². The number of amides is 1. The Morgan fingerprint density at radius 1 is 1.17 bits per heavy atom. The normalized spacial score (nSPS) is 12.9. The molecule has 6 nitrogen and oxygen atoms in total. The zero-order valence-electron chi connectivity index (χ0n) is 12.3. The molecule has 0 spiro atoms. The summed E-state index contributed by atoms with van der Waals surface area (Å²) in [5.41, 5.74) is 5.94. The first-order chi connectivity index (χ1) is 11.7. The fourth-order valence-electron chi connectivity index (χ4n) is 2.34. The van der Waals surface area contributed by atoms with Crippen molar-refractivity contribution in [1.29, 1.82) is 0 Å². The number of nitrogens with one attached hydrogen (secondary N) is 2. The number of nitrogens with zero attached hydrogens (tertiary/aromatic N) is 1. The molecule has 122 valence electrons. The second-order valence-corrected chi connectivity index (χ2v) is 6.07. The van der Waals surface area contributed by atoms with Crippen LogP contribution in [-0.4, -0.2) is 24.1 Å². The largest absolute Gasteiger partial charge is 0.486 e. The summed E-state index contributed by atoms with van der Waals surface area (Å²) in [4.78, 5) is 16.3. The van der Waals surface area contributed by atoms with Gasteiger partial charge in [0.25, 0.3) is 5.91 Å². The van der Waals surface area contributed by atoms with Gasteiger partial charge in [0, 0.05) is 5.56 Å². The predicted molar refractivity (Wildman–Crippen MR) is 88.1 cm³/mol. The van der Waals surface area contributed by atoms with E-state index in [9.17, 15) is 9.18 Å². The van der Waals surface area contributed by atoms with Crippen LogP contribution >= 0.6 is 11.3 Å². The van der Waals surface area contributed by atoms with Crippen LogP contribution in [0, 0.1) is 5.82 Å². The first kappa shape index (κ1) is 14.7. The molecule has 2 heterocycles. The zero-order chi connectivity index (χ0) is 16.5. The molecule has 4 rings (SSSR count). The molecular weight excluding hydrogens is 333 g/mol. The van der Waals surface area contributed by atoms with E-state index in [1.54, 1.807) is 30.3 Å². The molecule has 0 saturated heterocycles. The van der Waals surface area contributed by atoms with Crippen molar-refractivity contribution in [3.05, 3.63) is 47.8 Å². The highest BCUT2D eigenvalue weighted by molar-refractivity contribution is 7.22. The van der Waals surface area contributed by atoms with Gasteiger partial charge < -0.3 is 9.47 Å². The molecule has 3 aromatic rings. The van der Waals surface area contributed by atoms with Crippen molar-refractivity contribution in [2.24, 2.45) is 0 Å². The molecule has 2 aromatic carbocycles. The third kappa shape index (κ3) is 2.71. The number of hydrogen-bond donors (Lipinski definition) is 2. The Labute approximate surface area is 140 Å². The topological polar surface area (TPSA) is 72.5 Å². The van der Waals surface area contributed by atoms with Crippen LogP contribution in [0.15, 0.2) is 36.4 Å². The average Bonchev–Trinajstić information content (AvgIpc) is 3.04. The Hall–Kier alpha value is -2.87. The quantitative estimate of drug-likeness (QED) is 0.714. The summed E-state index contributed by atoms with van der Waals surface area (Å²) in [6.07, 6.45) is 0. The Kier molecular flexibility index (Phi) is 3.66. The van der Waals surface area contributed by atoms with Crippen molar-refractivity contribution in [2.45, 2.75) is 0 Å². The molecule has 1 aliphatic rings. The molecule has 1 aliphatic heterocycles. The lowest BCUT2D eigenvalue weighted by Crippen LogP contribution is -2.29. The number of benzene rings is 2. The Balaban J connectivity index is 1.48. The van der Waals surface area contributed by atoms with Crippen LogP contribution in [0.5, 0.6) is 11.5 Å². The van der Waals surface area contributed by atoms with Crippen molar-refractivity contribution in [1.82, 2.24) is 10.4 Å². The molecule has 1 aromatic heterocycles. The molecule has 1 amide bonds. The van der Waals surface area contributed by atoms with Gasteiger partial charge in [-0.05, 0) is 30.3 Å². The summed E-state index contributed by atoms with van der Waals surface area (Å²) in [5, 5.41) is 0.404. The Bertz CT molecular complexity index is 928. The molecule has 0 unspecified atom stereocenters. The SMILES string of the molecule is O=C(NNc1nc2c(F)cccc2s1)c1ccc2c(c1)OCCO2. The second kappa shape index (κ2) is 5.97. The standard InChI is InChI=1S/C16H12FN3O3S/c17-10-2-1-3-13-14(10)18-16(24-13)20-19-15(21)9-4-5-11-12(8-9)23-7-6-22-11/h1-5,8H,6-7H2,(H,18,20)(H,19,21). The van der Waals surface area contributed by atoms with Gasteiger partial charge in [-0.25, -0.2) is 9.37 Å². The molecule has 24 heavy (non-hydrogen) atoms. The minimum Gasteiger partial charge on any atom is -0.486 e. The summed E-state index contributed by atoms with van der Waals surface area (Å²) in [6, 6.07) is 9.68. The average molecular weight is 345 g/mol. The van der Waals surface area contributed by atoms with Gasteiger partial charge >= 0.3 is 0 Å². The zero-order valence-corrected chi connectivity index (χ0v) is 13.2. The van der Waals surface area contributed by atoms with Crippen molar-refractivity contribution in [2.75, 3.05) is 18.6 Å². The minimum atomic E-state index is -0.394. The number of hydrazine groups is 1. The molecule has 8 heteroatoms. The number of rotatable bonds is 3. The highest BCUT2D eigenvalue weighted by atomic mass is 32.1. The van der Waals surface area contributed by atoms with Crippen molar-refractivity contribution in [3.8, 4) is 11.5 Å². The second-order valence-electron chi connectivity index (χ2n) is 5.04. The molecule has 0 saturated carbocycles. The van der Waals surface area contributed by atoms with Crippen LogP contribution in [0.25, 0.3) is 10.2 Å². The van der Waals surface area contributed by atoms with E-state index >= 15 is 0 Å². The third-order valence-electron chi connectivity index (χ3n) is 3.46. The lowest BCUT2D eigenvalue weighted by atomic mass is 10.2. The maximum absolute atomic E-state index is 13.6. The van der Waals surface area contributed by atoms with Gasteiger partial charge in [-0.15, -0.1) is 0 Å². The van der Waals surface area contributed by atoms with Crippen molar-refractivity contribution < 1.29 is 18.7 Å². The highest BCUT2D eigenvalue weighted by Gasteiger charge is 2.15. The van der Waals surface area contributed by atoms with Gasteiger partial charge in [0.05, 0.1) is 4.70 Å². The molecule has 2 N–H and O–H groups in total. The van der Waals surface area contributed by atoms with Gasteiger partial charge in [-0.3, -0.25) is 15.6 Å². The number of anilines is 1. The van der Waals surface area contributed by atoms with Gasteiger partial charge in [0.2, 0.25) is 5.13 Å². The van der Waals surface area contributed by atoms with E-state index in [2.05, 4.69) is 15.8 Å². The number of ether oxygens (including phenoxy) is 2. The van der Waals surface area contributed by atoms with E-state index in [0.29, 0.717) is 40.1 Å². The molecule has 0 fully saturated rings. The Morgan fingerprint density at radius 2 is 2.00 bits per heavy atom. The van der Waals surface area contributed by atoms with E-state index in [-0.39, 0.29) is 11.4 Å². The molecule has 0 radical (unpaired) electrons. The van der Waals surface area contributed by atoms with E-state index < -0.39 is 5.82 Å². The monoisotopic (exact) mass is 345 g/mol. The van der Waals surface area contributed by atoms with Gasteiger partial charge in [-0.2, -0.15) is 0 Å². The molecule has 0 bridgehead atoms. The maximum Gasteiger partial charge on any atom is 0.269 e. The minimum absolute atomic E-state index is 0.276.